The Morgan fingerprint density at radius 1 is 1.19 bits per heavy atom. The van der Waals surface area contributed by atoms with E-state index >= 15 is 0 Å². The molecule has 0 saturated heterocycles. The second kappa shape index (κ2) is 3.74. The highest BCUT2D eigenvalue weighted by Crippen LogP contribution is 2.35. The first-order chi connectivity index (χ1) is 7.79. The highest BCUT2D eigenvalue weighted by Gasteiger charge is 2.33. The summed E-state index contributed by atoms with van der Waals surface area (Å²) in [6, 6.07) is 0. The summed E-state index contributed by atoms with van der Waals surface area (Å²) in [5.41, 5.74) is 2.03. The van der Waals surface area contributed by atoms with E-state index in [0.717, 1.165) is 49.2 Å². The van der Waals surface area contributed by atoms with E-state index in [2.05, 4.69) is 0 Å². The summed E-state index contributed by atoms with van der Waals surface area (Å²) in [4.78, 5) is 12.0. The first kappa shape index (κ1) is 10.1. The van der Waals surface area contributed by atoms with E-state index in [0.29, 0.717) is 6.42 Å². The molecular formula is C13H16O3. The number of carbonyl (C=O) groups excluding carboxylic acids is 1. The summed E-state index contributed by atoms with van der Waals surface area (Å²) >= 11 is 0. The molecule has 0 radical (unpaired) electrons. The van der Waals surface area contributed by atoms with Gasteiger partial charge in [0.25, 0.3) is 0 Å². The van der Waals surface area contributed by atoms with E-state index in [1.807, 2.05) is 0 Å². The number of hydrogen-bond acceptors (Lipinski definition) is 3. The van der Waals surface area contributed by atoms with Crippen molar-refractivity contribution in [2.75, 3.05) is 6.61 Å². The first-order valence-electron chi connectivity index (χ1n) is 6.07. The maximum absolute atomic E-state index is 12.0. The number of fused-ring (bicyclic) bond motifs is 3. The summed E-state index contributed by atoms with van der Waals surface area (Å²) in [6.07, 6.45) is 5.50. The van der Waals surface area contributed by atoms with Crippen LogP contribution in [0.1, 0.15) is 46.7 Å². The van der Waals surface area contributed by atoms with Crippen LogP contribution in [0.5, 0.6) is 0 Å². The molecular weight excluding hydrogens is 204 g/mol. The fourth-order valence-corrected chi connectivity index (χ4v) is 2.92. The molecule has 1 atom stereocenters. The van der Waals surface area contributed by atoms with Crippen LogP contribution in [0.2, 0.25) is 0 Å². The Morgan fingerprint density at radius 2 is 2.00 bits per heavy atom. The molecule has 1 unspecified atom stereocenters. The van der Waals surface area contributed by atoms with Crippen molar-refractivity contribution in [3.8, 4) is 0 Å². The lowest BCUT2D eigenvalue weighted by Crippen LogP contribution is -2.22. The highest BCUT2D eigenvalue weighted by molar-refractivity contribution is 6.00. The topological polar surface area (TPSA) is 50.4 Å². The first-order valence-corrected chi connectivity index (χ1v) is 6.07. The molecule has 0 bridgehead atoms. The van der Waals surface area contributed by atoms with Crippen molar-refractivity contribution in [2.45, 2.75) is 38.5 Å². The quantitative estimate of drug-likeness (QED) is 0.786. The van der Waals surface area contributed by atoms with Gasteiger partial charge in [-0.25, -0.2) is 0 Å². The van der Waals surface area contributed by atoms with Gasteiger partial charge in [0, 0.05) is 31.4 Å². The fourth-order valence-electron chi connectivity index (χ4n) is 2.92. The number of Topliss-reactive ketones (excluding diaryl/α,β-unsaturated/α-hetero) is 1. The lowest BCUT2D eigenvalue weighted by molar-refractivity contribution is 0.0910. The lowest BCUT2D eigenvalue weighted by atomic mass is 9.84. The van der Waals surface area contributed by atoms with Gasteiger partial charge in [-0.15, -0.1) is 0 Å². The predicted octanol–water partition coefficient (Wildman–Crippen LogP) is 1.90. The van der Waals surface area contributed by atoms with Crippen LogP contribution in [0.3, 0.4) is 0 Å². The van der Waals surface area contributed by atoms with E-state index < -0.39 is 0 Å². The van der Waals surface area contributed by atoms with Crippen LogP contribution in [0.25, 0.3) is 0 Å². The average Bonchev–Trinajstić information content (AvgIpc) is 2.67. The Labute approximate surface area is 94.5 Å². The molecule has 0 fully saturated rings. The summed E-state index contributed by atoms with van der Waals surface area (Å²) in [6.45, 7) is 0.0799. The zero-order valence-electron chi connectivity index (χ0n) is 9.29. The standard InChI is InChI=1S/C13H16O3/c14-7-8-5-10(15)13-9-3-1-2-4-11(9)16-12(13)6-8/h8,14H,1-7H2. The van der Waals surface area contributed by atoms with Gasteiger partial charge >= 0.3 is 0 Å². The van der Waals surface area contributed by atoms with Crippen LogP contribution in [-0.2, 0) is 19.3 Å². The number of carbonyl (C=O) groups is 1. The minimum atomic E-state index is 0.0626. The summed E-state index contributed by atoms with van der Waals surface area (Å²) in [5, 5.41) is 9.14. The minimum absolute atomic E-state index is 0.0626. The SMILES string of the molecule is O=C1CC(CO)Cc2oc3c(c21)CCCC3. The molecule has 86 valence electrons. The number of aliphatic hydroxyl groups is 1. The number of hydrogen-bond donors (Lipinski definition) is 1. The molecule has 0 saturated carbocycles. The molecule has 3 nitrogen and oxygen atoms in total. The molecule has 1 aromatic rings. The Bertz CT molecular complexity index is 431. The smallest absolute Gasteiger partial charge is 0.167 e. The van der Waals surface area contributed by atoms with Crippen LogP contribution < -0.4 is 0 Å². The highest BCUT2D eigenvalue weighted by atomic mass is 16.3. The van der Waals surface area contributed by atoms with Gasteiger partial charge in [-0.1, -0.05) is 0 Å². The van der Waals surface area contributed by atoms with Gasteiger partial charge in [-0.2, -0.15) is 0 Å². The number of aryl methyl sites for hydroxylation is 1. The van der Waals surface area contributed by atoms with Crippen molar-refractivity contribution in [3.05, 3.63) is 22.6 Å². The summed E-state index contributed by atoms with van der Waals surface area (Å²) in [5.74, 6) is 2.10. The summed E-state index contributed by atoms with van der Waals surface area (Å²) in [7, 11) is 0. The molecule has 3 rings (SSSR count). The molecule has 0 aliphatic heterocycles. The molecule has 0 amide bonds. The second-order valence-corrected chi connectivity index (χ2v) is 4.89. The normalized spacial score (nSPS) is 24.1. The molecule has 0 spiro atoms. The number of rotatable bonds is 1. The third-order valence-corrected chi connectivity index (χ3v) is 3.73. The van der Waals surface area contributed by atoms with Gasteiger partial charge in [-0.05, 0) is 25.2 Å². The van der Waals surface area contributed by atoms with Gasteiger partial charge in [0.05, 0.1) is 5.56 Å². The second-order valence-electron chi connectivity index (χ2n) is 4.89. The summed E-state index contributed by atoms with van der Waals surface area (Å²) < 4.78 is 5.80. The van der Waals surface area contributed by atoms with Crippen molar-refractivity contribution in [1.29, 1.82) is 0 Å². The Kier molecular flexibility index (Phi) is 2.36. The molecule has 16 heavy (non-hydrogen) atoms. The Morgan fingerprint density at radius 3 is 2.81 bits per heavy atom. The van der Waals surface area contributed by atoms with E-state index in [1.165, 1.54) is 5.56 Å². The molecule has 0 aromatic carbocycles. The number of aliphatic hydroxyl groups excluding tert-OH is 1. The van der Waals surface area contributed by atoms with E-state index in [1.54, 1.807) is 0 Å². The van der Waals surface area contributed by atoms with Gasteiger partial charge < -0.3 is 9.52 Å². The van der Waals surface area contributed by atoms with Gasteiger partial charge in [0.2, 0.25) is 0 Å². The lowest BCUT2D eigenvalue weighted by Gasteiger charge is -2.18. The maximum Gasteiger partial charge on any atom is 0.167 e. The predicted molar refractivity (Wildman–Crippen MR) is 58.6 cm³/mol. The van der Waals surface area contributed by atoms with Crippen molar-refractivity contribution < 1.29 is 14.3 Å². The molecule has 1 heterocycles. The maximum atomic E-state index is 12.0. The molecule has 1 N–H and O–H groups in total. The molecule has 2 aliphatic carbocycles. The monoisotopic (exact) mass is 220 g/mol. The third kappa shape index (κ3) is 1.42. The van der Waals surface area contributed by atoms with Crippen LogP contribution >= 0.6 is 0 Å². The van der Waals surface area contributed by atoms with E-state index in [9.17, 15) is 4.79 Å². The minimum Gasteiger partial charge on any atom is -0.465 e. The van der Waals surface area contributed by atoms with Crippen molar-refractivity contribution in [2.24, 2.45) is 5.92 Å². The van der Waals surface area contributed by atoms with Crippen LogP contribution in [0, 0.1) is 5.92 Å². The average molecular weight is 220 g/mol. The van der Waals surface area contributed by atoms with Crippen molar-refractivity contribution in [3.63, 3.8) is 0 Å². The number of furan rings is 1. The fraction of sp³-hybridized carbons (Fsp3) is 0.615. The molecule has 1 aromatic heterocycles. The van der Waals surface area contributed by atoms with Gasteiger partial charge in [0.15, 0.2) is 5.78 Å². The number of ketones is 1. The van der Waals surface area contributed by atoms with Crippen molar-refractivity contribution in [1.82, 2.24) is 0 Å². The van der Waals surface area contributed by atoms with Crippen LogP contribution in [0.4, 0.5) is 0 Å². The zero-order valence-corrected chi connectivity index (χ0v) is 9.29. The third-order valence-electron chi connectivity index (χ3n) is 3.73. The molecule has 3 heteroatoms. The Balaban J connectivity index is 2.05. The van der Waals surface area contributed by atoms with E-state index in [4.69, 9.17) is 9.52 Å². The van der Waals surface area contributed by atoms with E-state index in [-0.39, 0.29) is 18.3 Å². The largest absolute Gasteiger partial charge is 0.465 e. The van der Waals surface area contributed by atoms with Gasteiger partial charge in [0.1, 0.15) is 11.5 Å². The van der Waals surface area contributed by atoms with Crippen LogP contribution in [0.15, 0.2) is 4.42 Å². The van der Waals surface area contributed by atoms with Crippen LogP contribution in [-0.4, -0.2) is 17.5 Å². The van der Waals surface area contributed by atoms with Gasteiger partial charge in [-0.3, -0.25) is 4.79 Å². The van der Waals surface area contributed by atoms with Crippen molar-refractivity contribution >= 4 is 5.78 Å². The molecule has 2 aliphatic rings. The Hall–Kier alpha value is -1.09. The zero-order chi connectivity index (χ0) is 11.1.